The second-order valence-corrected chi connectivity index (χ2v) is 15.4. The summed E-state index contributed by atoms with van der Waals surface area (Å²) in [5.41, 5.74) is -3.56. The molecule has 7 rings (SSSR count). The largest absolute Gasteiger partial charge is 0.459 e. The number of hydrogen-bond donors (Lipinski definition) is 0. The molecule has 0 radical (unpaired) electrons. The summed E-state index contributed by atoms with van der Waals surface area (Å²) in [7, 11) is 0. The van der Waals surface area contributed by atoms with Crippen LogP contribution in [0.2, 0.25) is 0 Å². The van der Waals surface area contributed by atoms with Crippen LogP contribution in [0.4, 0.5) is 0 Å². The van der Waals surface area contributed by atoms with Crippen LogP contribution in [-0.4, -0.2) is 71.6 Å². The van der Waals surface area contributed by atoms with E-state index in [0.29, 0.717) is 0 Å². The SMILES string of the molecule is CC(=O)O[C@@H]1[C@H]2[C@@H](OC(=O)c3ccccc3)[C@@H](OC(=O)c3ccccc3)[C@]3(C)[C@@H](OC(=O)c4ccccc4)[C@@H](OC(=O)c4ccccc4)C[C@@H](C)[C@@]13OC2(C)C. The number of hydrogen-bond acceptors (Lipinski definition) is 11. The summed E-state index contributed by atoms with van der Waals surface area (Å²) in [6.07, 6.45) is -6.35. The quantitative estimate of drug-likeness (QED) is 0.128. The van der Waals surface area contributed by atoms with Crippen molar-refractivity contribution >= 4 is 29.8 Å². The smallest absolute Gasteiger partial charge is 0.338 e. The van der Waals surface area contributed by atoms with Gasteiger partial charge >= 0.3 is 29.8 Å². The molecule has 0 amide bonds. The zero-order valence-corrected chi connectivity index (χ0v) is 31.8. The van der Waals surface area contributed by atoms with Gasteiger partial charge in [-0.2, -0.15) is 0 Å². The van der Waals surface area contributed by atoms with Gasteiger partial charge < -0.3 is 28.4 Å². The molecule has 1 heterocycles. The van der Waals surface area contributed by atoms with Crippen molar-refractivity contribution in [2.45, 2.75) is 82.8 Å². The maximum Gasteiger partial charge on any atom is 0.338 e. The van der Waals surface area contributed by atoms with E-state index in [-0.39, 0.29) is 28.7 Å². The van der Waals surface area contributed by atoms with Crippen LogP contribution < -0.4 is 0 Å². The zero-order valence-electron chi connectivity index (χ0n) is 31.8. The normalized spacial score (nSPS) is 29.8. The first kappa shape index (κ1) is 38.5. The van der Waals surface area contributed by atoms with E-state index in [1.807, 2.05) is 6.92 Å². The van der Waals surface area contributed by atoms with Crippen molar-refractivity contribution in [2.75, 3.05) is 0 Å². The third-order valence-electron chi connectivity index (χ3n) is 11.6. The van der Waals surface area contributed by atoms with Gasteiger partial charge in [-0.1, -0.05) is 79.7 Å². The Bertz CT molecular complexity index is 2090. The molecule has 1 saturated heterocycles. The predicted octanol–water partition coefficient (Wildman–Crippen LogP) is 7.04. The number of carbonyl (C=O) groups is 5. The molecular weight excluding hydrogens is 716 g/mol. The van der Waals surface area contributed by atoms with E-state index in [4.69, 9.17) is 28.4 Å². The van der Waals surface area contributed by atoms with Crippen LogP contribution in [0.1, 0.15) is 82.5 Å². The van der Waals surface area contributed by atoms with E-state index in [2.05, 4.69) is 0 Å². The van der Waals surface area contributed by atoms with Gasteiger partial charge in [0.25, 0.3) is 0 Å². The summed E-state index contributed by atoms with van der Waals surface area (Å²) in [4.78, 5) is 69.5. The second-order valence-electron chi connectivity index (χ2n) is 15.4. The molecule has 0 N–H and O–H groups in total. The van der Waals surface area contributed by atoms with Crippen LogP contribution in [-0.2, 0) is 33.2 Å². The molecule has 0 unspecified atom stereocenters. The van der Waals surface area contributed by atoms with Gasteiger partial charge in [-0.15, -0.1) is 0 Å². The van der Waals surface area contributed by atoms with Gasteiger partial charge in [0.1, 0.15) is 23.9 Å². The minimum Gasteiger partial charge on any atom is -0.459 e. The highest BCUT2D eigenvalue weighted by Gasteiger charge is 2.84. The average molecular weight is 761 g/mol. The van der Waals surface area contributed by atoms with Crippen LogP contribution in [0.3, 0.4) is 0 Å². The fourth-order valence-electron chi connectivity index (χ4n) is 9.29. The van der Waals surface area contributed by atoms with Crippen molar-refractivity contribution < 1.29 is 52.4 Å². The molecule has 4 aromatic carbocycles. The molecule has 0 aromatic heterocycles. The minimum atomic E-state index is -1.73. The lowest BCUT2D eigenvalue weighted by Crippen LogP contribution is -2.79. The first-order chi connectivity index (χ1) is 26.8. The molecule has 2 saturated carbocycles. The van der Waals surface area contributed by atoms with Gasteiger partial charge in [-0.25, -0.2) is 19.2 Å². The van der Waals surface area contributed by atoms with Crippen LogP contribution in [0, 0.1) is 17.3 Å². The maximum absolute atomic E-state index is 14.3. The average Bonchev–Trinajstić information content (AvgIpc) is 3.40. The van der Waals surface area contributed by atoms with Gasteiger partial charge in [0.15, 0.2) is 12.2 Å². The van der Waals surface area contributed by atoms with Crippen molar-refractivity contribution in [3.05, 3.63) is 144 Å². The number of rotatable bonds is 9. The van der Waals surface area contributed by atoms with Gasteiger partial charge in [-0.05, 0) is 81.6 Å². The van der Waals surface area contributed by atoms with E-state index in [1.165, 1.54) is 6.92 Å². The third-order valence-corrected chi connectivity index (χ3v) is 11.6. The van der Waals surface area contributed by atoms with E-state index in [1.54, 1.807) is 142 Å². The molecule has 11 nitrogen and oxygen atoms in total. The van der Waals surface area contributed by atoms with Crippen molar-refractivity contribution in [3.63, 3.8) is 0 Å². The zero-order chi connectivity index (χ0) is 39.8. The molecule has 290 valence electrons. The summed E-state index contributed by atoms with van der Waals surface area (Å²) >= 11 is 0. The molecule has 56 heavy (non-hydrogen) atoms. The third kappa shape index (κ3) is 6.63. The number of esters is 5. The highest BCUT2D eigenvalue weighted by Crippen LogP contribution is 2.68. The van der Waals surface area contributed by atoms with Crippen LogP contribution >= 0.6 is 0 Å². The van der Waals surface area contributed by atoms with Crippen molar-refractivity contribution in [1.29, 1.82) is 0 Å². The van der Waals surface area contributed by atoms with E-state index in [9.17, 15) is 24.0 Å². The Balaban J connectivity index is 1.46. The predicted molar refractivity (Wildman–Crippen MR) is 201 cm³/mol. The summed E-state index contributed by atoms with van der Waals surface area (Å²) < 4.78 is 39.2. The molecule has 2 bridgehead atoms. The minimum absolute atomic E-state index is 0.0925. The first-order valence-electron chi connectivity index (χ1n) is 18.7. The lowest BCUT2D eigenvalue weighted by atomic mass is 9.47. The van der Waals surface area contributed by atoms with Crippen LogP contribution in [0.25, 0.3) is 0 Å². The topological polar surface area (TPSA) is 141 Å². The Morgan fingerprint density at radius 3 is 1.36 bits per heavy atom. The molecule has 4 aromatic rings. The lowest BCUT2D eigenvalue weighted by Gasteiger charge is -2.63. The summed E-state index contributed by atoms with van der Waals surface area (Å²) in [6.45, 7) is 8.45. The van der Waals surface area contributed by atoms with Gasteiger partial charge in [0.05, 0.1) is 39.2 Å². The number of ether oxygens (including phenoxy) is 6. The highest BCUT2D eigenvalue weighted by molar-refractivity contribution is 5.92. The molecule has 11 heteroatoms. The molecule has 3 fully saturated rings. The maximum atomic E-state index is 14.3. The number of carbonyl (C=O) groups excluding carboxylic acids is 5. The van der Waals surface area contributed by atoms with Crippen molar-refractivity contribution in [1.82, 2.24) is 0 Å². The fourth-order valence-corrected chi connectivity index (χ4v) is 9.29. The summed E-state index contributed by atoms with van der Waals surface area (Å²) in [5, 5.41) is 0. The summed E-state index contributed by atoms with van der Waals surface area (Å²) in [5.74, 6) is -5.02. The standard InChI is InChI=1S/C45H44O11/c1-27-26-33(52-39(47)29-18-10-6-11-19-29)36(54-41(49)31-22-14-8-15-23-31)44(5)38(55-42(50)32-24-16-9-17-25-32)35(53-40(48)30-20-12-7-13-21-30)34-37(51-28(2)46)45(27,44)56-43(34,3)4/h6-25,27,33-38H,26H2,1-5H3/t27-,33+,34-,35-,36+,37-,38-,44+,45-/m1/s1. The Morgan fingerprint density at radius 1 is 0.536 bits per heavy atom. The Morgan fingerprint density at radius 2 is 0.929 bits per heavy atom. The van der Waals surface area contributed by atoms with Crippen molar-refractivity contribution in [3.8, 4) is 0 Å². The lowest BCUT2D eigenvalue weighted by molar-refractivity contribution is -0.310. The molecular formula is C45H44O11. The number of benzene rings is 4. The Labute approximate surface area is 325 Å². The molecule has 9 atom stereocenters. The molecule has 1 aliphatic heterocycles. The second kappa shape index (κ2) is 15.0. The molecule has 2 aliphatic carbocycles. The first-order valence-corrected chi connectivity index (χ1v) is 18.7. The van der Waals surface area contributed by atoms with Crippen LogP contribution in [0.15, 0.2) is 121 Å². The Hall–Kier alpha value is -5.81. The number of fused-ring (bicyclic) bond motifs is 1. The monoisotopic (exact) mass is 760 g/mol. The van der Waals surface area contributed by atoms with Gasteiger partial charge in [0.2, 0.25) is 0 Å². The van der Waals surface area contributed by atoms with E-state index >= 15 is 0 Å². The summed E-state index contributed by atoms with van der Waals surface area (Å²) in [6, 6.07) is 33.3. The van der Waals surface area contributed by atoms with Gasteiger partial charge in [0, 0.05) is 6.92 Å². The van der Waals surface area contributed by atoms with E-state index < -0.39 is 88.8 Å². The Kier molecular flexibility index (Phi) is 10.3. The highest BCUT2D eigenvalue weighted by atomic mass is 16.6. The molecule has 3 aliphatic rings. The van der Waals surface area contributed by atoms with Crippen molar-refractivity contribution in [2.24, 2.45) is 17.3 Å². The van der Waals surface area contributed by atoms with Gasteiger partial charge in [-0.3, -0.25) is 4.79 Å². The fraction of sp³-hybridized carbons (Fsp3) is 0.356. The van der Waals surface area contributed by atoms with Crippen LogP contribution in [0.5, 0.6) is 0 Å². The van der Waals surface area contributed by atoms with E-state index in [0.717, 1.165) is 0 Å². The molecule has 1 spiro atoms.